The Morgan fingerprint density at radius 3 is 2.30 bits per heavy atom. The van der Waals surface area contributed by atoms with Crippen LogP contribution < -0.4 is 4.74 Å². The third-order valence-corrected chi connectivity index (χ3v) is 2.84. The zero-order valence-corrected chi connectivity index (χ0v) is 13.2. The third-order valence-electron chi connectivity index (χ3n) is 2.84. The van der Waals surface area contributed by atoms with Crippen LogP contribution in [0.15, 0.2) is 12.3 Å². The monoisotopic (exact) mass is 281 g/mol. The van der Waals surface area contributed by atoms with Gasteiger partial charge in [0.05, 0.1) is 12.8 Å². The number of aromatic nitrogens is 1. The van der Waals surface area contributed by atoms with Crippen molar-refractivity contribution in [2.75, 3.05) is 6.61 Å². The molecule has 0 radical (unpaired) electrons. The topological polar surface area (TPSA) is 39.2 Å². The summed E-state index contributed by atoms with van der Waals surface area (Å²) in [6, 6.07) is 1.15. The van der Waals surface area contributed by atoms with Crippen molar-refractivity contribution in [2.24, 2.45) is 10.8 Å². The number of rotatable bonds is 4. The zero-order chi connectivity index (χ0) is 15.6. The number of Topliss-reactive ketones (excluding diaryl/α,β-unsaturated/α-hetero) is 1. The first kappa shape index (κ1) is 16.6. The van der Waals surface area contributed by atoms with Crippen molar-refractivity contribution in [2.45, 2.75) is 48.0 Å². The fourth-order valence-electron chi connectivity index (χ4n) is 1.50. The normalized spacial score (nSPS) is 12.3. The summed E-state index contributed by atoms with van der Waals surface area (Å²) in [5.74, 6) is -0.626. The van der Waals surface area contributed by atoms with Crippen LogP contribution in [0.5, 0.6) is 5.75 Å². The minimum atomic E-state index is -0.575. The Labute approximate surface area is 120 Å². The van der Waals surface area contributed by atoms with Crippen LogP contribution in [0.2, 0.25) is 0 Å². The molecule has 20 heavy (non-hydrogen) atoms. The quantitative estimate of drug-likeness (QED) is 0.774. The summed E-state index contributed by atoms with van der Waals surface area (Å²) >= 11 is 0. The van der Waals surface area contributed by atoms with E-state index in [9.17, 15) is 9.18 Å². The van der Waals surface area contributed by atoms with Crippen molar-refractivity contribution < 1.29 is 13.9 Å². The maximum absolute atomic E-state index is 13.9. The molecule has 0 atom stereocenters. The van der Waals surface area contributed by atoms with Gasteiger partial charge in [-0.2, -0.15) is 0 Å². The number of ether oxygens (including phenoxy) is 1. The van der Waals surface area contributed by atoms with Crippen LogP contribution >= 0.6 is 0 Å². The summed E-state index contributed by atoms with van der Waals surface area (Å²) in [6.07, 6.45) is 2.10. The third kappa shape index (κ3) is 4.91. The largest absolute Gasteiger partial charge is 0.489 e. The molecule has 1 aromatic rings. The minimum absolute atomic E-state index is 0.0970. The summed E-state index contributed by atoms with van der Waals surface area (Å²) in [7, 11) is 0. The summed E-state index contributed by atoms with van der Waals surface area (Å²) in [4.78, 5) is 16.0. The van der Waals surface area contributed by atoms with E-state index in [1.54, 1.807) is 20.8 Å². The number of hydrogen-bond acceptors (Lipinski definition) is 3. The molecule has 0 aliphatic heterocycles. The van der Waals surface area contributed by atoms with Crippen LogP contribution in [0.4, 0.5) is 4.39 Å². The van der Waals surface area contributed by atoms with Gasteiger partial charge in [-0.15, -0.1) is 0 Å². The highest BCUT2D eigenvalue weighted by atomic mass is 19.1. The van der Waals surface area contributed by atoms with E-state index in [-0.39, 0.29) is 22.6 Å². The number of carbonyl (C=O) groups is 1. The fraction of sp³-hybridized carbons (Fsp3) is 0.625. The van der Waals surface area contributed by atoms with Crippen LogP contribution in [0.3, 0.4) is 0 Å². The lowest BCUT2D eigenvalue weighted by atomic mass is 9.89. The maximum atomic E-state index is 13.9. The predicted molar refractivity (Wildman–Crippen MR) is 77.5 cm³/mol. The Morgan fingerprint density at radius 1 is 1.25 bits per heavy atom. The minimum Gasteiger partial charge on any atom is -0.489 e. The Bertz CT molecular complexity index is 484. The average molecular weight is 281 g/mol. The van der Waals surface area contributed by atoms with E-state index in [0.29, 0.717) is 6.61 Å². The average Bonchev–Trinajstić information content (AvgIpc) is 2.27. The van der Waals surface area contributed by atoms with Gasteiger partial charge in [0.15, 0.2) is 17.3 Å². The van der Waals surface area contributed by atoms with Crippen LogP contribution in [-0.4, -0.2) is 17.4 Å². The first-order chi connectivity index (χ1) is 9.00. The number of ketones is 1. The second-order valence-electron chi connectivity index (χ2n) is 7.24. The van der Waals surface area contributed by atoms with Gasteiger partial charge in [-0.05, 0) is 11.8 Å². The zero-order valence-electron chi connectivity index (χ0n) is 13.2. The molecule has 0 aliphatic rings. The van der Waals surface area contributed by atoms with Crippen LogP contribution in [-0.2, 0) is 0 Å². The lowest BCUT2D eigenvalue weighted by molar-refractivity contribution is 0.0852. The summed E-state index contributed by atoms with van der Waals surface area (Å²) in [5.41, 5.74) is -0.307. The Kier molecular flexibility index (Phi) is 4.90. The number of carbonyl (C=O) groups excluding carboxylic acids is 1. The molecule has 1 aromatic heterocycles. The first-order valence-corrected chi connectivity index (χ1v) is 6.84. The molecule has 0 saturated heterocycles. The van der Waals surface area contributed by atoms with E-state index in [0.717, 1.165) is 12.5 Å². The van der Waals surface area contributed by atoms with E-state index in [4.69, 9.17) is 4.74 Å². The Balaban J connectivity index is 2.77. The van der Waals surface area contributed by atoms with Crippen molar-refractivity contribution in [3.63, 3.8) is 0 Å². The Morgan fingerprint density at radius 2 is 1.85 bits per heavy atom. The molecule has 0 fully saturated rings. The number of nitrogens with zero attached hydrogens (tertiary/aromatic N) is 1. The van der Waals surface area contributed by atoms with E-state index >= 15 is 0 Å². The molecule has 0 amide bonds. The number of halogens is 1. The van der Waals surface area contributed by atoms with Crippen LogP contribution in [0, 0.1) is 16.6 Å². The van der Waals surface area contributed by atoms with Crippen LogP contribution in [0.25, 0.3) is 0 Å². The Hall–Kier alpha value is -1.45. The van der Waals surface area contributed by atoms with Crippen molar-refractivity contribution in [1.82, 2.24) is 4.98 Å². The van der Waals surface area contributed by atoms with Gasteiger partial charge in [-0.25, -0.2) is 9.37 Å². The van der Waals surface area contributed by atoms with Crippen LogP contribution in [0.1, 0.15) is 58.5 Å². The fourth-order valence-corrected chi connectivity index (χ4v) is 1.50. The van der Waals surface area contributed by atoms with Gasteiger partial charge in [-0.3, -0.25) is 4.79 Å². The van der Waals surface area contributed by atoms with E-state index in [2.05, 4.69) is 25.8 Å². The molecule has 0 unspecified atom stereocenters. The van der Waals surface area contributed by atoms with E-state index in [1.165, 1.54) is 6.20 Å². The van der Waals surface area contributed by atoms with Gasteiger partial charge in [0, 0.05) is 11.5 Å². The number of pyridine rings is 1. The molecular weight excluding hydrogens is 257 g/mol. The second-order valence-corrected chi connectivity index (χ2v) is 7.24. The molecule has 3 nitrogen and oxygen atoms in total. The molecule has 112 valence electrons. The SMILES string of the molecule is CC(C)(C)CCOc1cnc(C(=O)C(C)(C)C)cc1F. The van der Waals surface area contributed by atoms with Gasteiger partial charge in [0.25, 0.3) is 0 Å². The summed E-state index contributed by atoms with van der Waals surface area (Å²) < 4.78 is 19.3. The lowest BCUT2D eigenvalue weighted by Gasteiger charge is -2.19. The molecule has 0 aliphatic carbocycles. The van der Waals surface area contributed by atoms with Gasteiger partial charge < -0.3 is 4.74 Å². The molecule has 0 aromatic carbocycles. The summed E-state index contributed by atoms with van der Waals surface area (Å²) in [5, 5.41) is 0. The van der Waals surface area contributed by atoms with Crippen molar-refractivity contribution in [3.05, 3.63) is 23.8 Å². The molecule has 4 heteroatoms. The molecule has 0 N–H and O–H groups in total. The number of hydrogen-bond donors (Lipinski definition) is 0. The van der Waals surface area contributed by atoms with Gasteiger partial charge in [-0.1, -0.05) is 41.5 Å². The van der Waals surface area contributed by atoms with Gasteiger partial charge >= 0.3 is 0 Å². The standard InChI is InChI=1S/C16H24FNO2/c1-15(2,3)7-8-20-13-10-18-12(9-11(13)17)14(19)16(4,5)6/h9-10H,7-8H2,1-6H3. The molecular formula is C16H24FNO2. The highest BCUT2D eigenvalue weighted by molar-refractivity contribution is 5.98. The summed E-state index contributed by atoms with van der Waals surface area (Å²) in [6.45, 7) is 12.0. The molecule has 0 bridgehead atoms. The predicted octanol–water partition coefficient (Wildman–Crippen LogP) is 4.26. The van der Waals surface area contributed by atoms with Crippen molar-refractivity contribution in [1.29, 1.82) is 0 Å². The molecule has 1 heterocycles. The second kappa shape index (κ2) is 5.90. The van der Waals surface area contributed by atoms with Gasteiger partial charge in [0.2, 0.25) is 0 Å². The maximum Gasteiger partial charge on any atom is 0.186 e. The molecule has 1 rings (SSSR count). The van der Waals surface area contributed by atoms with E-state index in [1.807, 2.05) is 0 Å². The van der Waals surface area contributed by atoms with Crippen molar-refractivity contribution in [3.8, 4) is 5.75 Å². The van der Waals surface area contributed by atoms with Gasteiger partial charge in [0.1, 0.15) is 5.69 Å². The molecule has 0 saturated carbocycles. The highest BCUT2D eigenvalue weighted by Crippen LogP contribution is 2.24. The lowest BCUT2D eigenvalue weighted by Crippen LogP contribution is -2.21. The smallest absolute Gasteiger partial charge is 0.186 e. The highest BCUT2D eigenvalue weighted by Gasteiger charge is 2.25. The molecule has 0 spiro atoms. The first-order valence-electron chi connectivity index (χ1n) is 6.84. The van der Waals surface area contributed by atoms with E-state index < -0.39 is 11.2 Å². The van der Waals surface area contributed by atoms with Crippen molar-refractivity contribution >= 4 is 5.78 Å².